The van der Waals surface area contributed by atoms with Gasteiger partial charge in [0.25, 0.3) is 0 Å². The minimum atomic E-state index is -0.323. The summed E-state index contributed by atoms with van der Waals surface area (Å²) in [5.41, 5.74) is 6.52. The first-order valence-corrected chi connectivity index (χ1v) is 6.16. The van der Waals surface area contributed by atoms with Gasteiger partial charge in [-0.05, 0) is 25.0 Å². The molecule has 2 aromatic rings. The molecule has 0 amide bonds. The number of anilines is 2. The Morgan fingerprint density at radius 2 is 2.06 bits per heavy atom. The van der Waals surface area contributed by atoms with Crippen molar-refractivity contribution in [2.45, 2.75) is 12.8 Å². The van der Waals surface area contributed by atoms with Gasteiger partial charge in [0.1, 0.15) is 5.52 Å². The molecular formula is C11H12FN3S. The summed E-state index contributed by atoms with van der Waals surface area (Å²) in [4.78, 5) is 6.56. The van der Waals surface area contributed by atoms with E-state index in [1.807, 2.05) is 0 Å². The molecule has 0 bridgehead atoms. The molecule has 1 aromatic carbocycles. The third kappa shape index (κ3) is 1.51. The van der Waals surface area contributed by atoms with Gasteiger partial charge in [0.15, 0.2) is 10.9 Å². The quantitative estimate of drug-likeness (QED) is 0.775. The third-order valence-corrected chi connectivity index (χ3v) is 3.90. The molecule has 5 heteroatoms. The lowest BCUT2D eigenvalue weighted by molar-refractivity contribution is 0.638. The molecule has 1 aliphatic rings. The van der Waals surface area contributed by atoms with E-state index in [1.54, 1.807) is 6.07 Å². The number of fused-ring (bicyclic) bond motifs is 1. The minimum absolute atomic E-state index is 0.323. The third-order valence-electron chi connectivity index (χ3n) is 2.84. The average molecular weight is 237 g/mol. The molecule has 0 unspecified atom stereocenters. The van der Waals surface area contributed by atoms with Crippen molar-refractivity contribution >= 4 is 32.4 Å². The molecule has 3 nitrogen and oxygen atoms in total. The van der Waals surface area contributed by atoms with Crippen LogP contribution in [0.3, 0.4) is 0 Å². The molecule has 1 aliphatic heterocycles. The monoisotopic (exact) mass is 237 g/mol. The van der Waals surface area contributed by atoms with Gasteiger partial charge in [-0.1, -0.05) is 11.3 Å². The molecule has 1 saturated heterocycles. The first-order valence-electron chi connectivity index (χ1n) is 5.34. The second kappa shape index (κ2) is 3.59. The Bertz CT molecular complexity index is 531. The van der Waals surface area contributed by atoms with E-state index in [0.29, 0.717) is 11.2 Å². The summed E-state index contributed by atoms with van der Waals surface area (Å²) in [6, 6.07) is 3.12. The van der Waals surface area contributed by atoms with E-state index < -0.39 is 0 Å². The second-order valence-electron chi connectivity index (χ2n) is 4.04. The van der Waals surface area contributed by atoms with Gasteiger partial charge < -0.3 is 10.6 Å². The summed E-state index contributed by atoms with van der Waals surface area (Å²) in [5, 5.41) is 0.914. The van der Waals surface area contributed by atoms with Crippen molar-refractivity contribution in [1.29, 1.82) is 0 Å². The predicted molar refractivity (Wildman–Crippen MR) is 65.4 cm³/mol. The zero-order valence-corrected chi connectivity index (χ0v) is 9.56. The van der Waals surface area contributed by atoms with Gasteiger partial charge in [-0.25, -0.2) is 9.37 Å². The number of nitrogens with two attached hydrogens (primary N) is 1. The maximum absolute atomic E-state index is 13.6. The molecule has 1 aromatic heterocycles. The predicted octanol–water partition coefficient (Wildman–Crippen LogP) is 2.62. The summed E-state index contributed by atoms with van der Waals surface area (Å²) >= 11 is 1.52. The van der Waals surface area contributed by atoms with Crippen molar-refractivity contribution in [2.75, 3.05) is 23.7 Å². The number of hydrogen-bond acceptors (Lipinski definition) is 4. The normalized spacial score (nSPS) is 16.2. The van der Waals surface area contributed by atoms with Crippen molar-refractivity contribution in [3.05, 3.63) is 17.9 Å². The van der Waals surface area contributed by atoms with Gasteiger partial charge >= 0.3 is 0 Å². The van der Waals surface area contributed by atoms with Crippen LogP contribution in [0.4, 0.5) is 15.2 Å². The number of rotatable bonds is 1. The highest BCUT2D eigenvalue weighted by molar-refractivity contribution is 7.22. The number of hydrogen-bond donors (Lipinski definition) is 1. The van der Waals surface area contributed by atoms with E-state index in [-0.39, 0.29) is 5.82 Å². The number of halogens is 1. The molecule has 0 aliphatic carbocycles. The summed E-state index contributed by atoms with van der Waals surface area (Å²) in [5.74, 6) is -0.323. The van der Waals surface area contributed by atoms with Gasteiger partial charge in [-0.2, -0.15) is 0 Å². The first-order chi connectivity index (χ1) is 7.74. The van der Waals surface area contributed by atoms with Gasteiger partial charge in [-0.15, -0.1) is 0 Å². The van der Waals surface area contributed by atoms with E-state index in [2.05, 4.69) is 9.88 Å². The molecule has 1 fully saturated rings. The first kappa shape index (κ1) is 9.84. The fraction of sp³-hybridized carbons (Fsp3) is 0.364. The van der Waals surface area contributed by atoms with E-state index in [4.69, 9.17) is 5.73 Å². The maximum Gasteiger partial charge on any atom is 0.186 e. The maximum atomic E-state index is 13.6. The number of benzene rings is 1. The zero-order chi connectivity index (χ0) is 11.1. The lowest BCUT2D eigenvalue weighted by atomic mass is 10.3. The Hall–Kier alpha value is -1.36. The van der Waals surface area contributed by atoms with Gasteiger partial charge in [0.2, 0.25) is 0 Å². The standard InChI is InChI=1S/C11H12FN3S/c12-8-5-7(13)6-9-10(8)14-11(16-9)15-3-1-2-4-15/h5-6H,1-4,13H2. The average Bonchev–Trinajstić information content (AvgIpc) is 2.82. The van der Waals surface area contributed by atoms with Crippen LogP contribution in [0.15, 0.2) is 12.1 Å². The van der Waals surface area contributed by atoms with Crippen molar-refractivity contribution in [2.24, 2.45) is 0 Å². The molecule has 2 heterocycles. The molecule has 16 heavy (non-hydrogen) atoms. The molecule has 84 valence electrons. The topological polar surface area (TPSA) is 42.1 Å². The lowest BCUT2D eigenvalue weighted by Crippen LogP contribution is -2.16. The number of nitrogens with zero attached hydrogens (tertiary/aromatic N) is 2. The number of thiazole rings is 1. The minimum Gasteiger partial charge on any atom is -0.399 e. The molecule has 0 saturated carbocycles. The summed E-state index contributed by atoms with van der Waals surface area (Å²) in [6.45, 7) is 2.05. The Kier molecular flexibility index (Phi) is 2.21. The highest BCUT2D eigenvalue weighted by Crippen LogP contribution is 2.33. The SMILES string of the molecule is Nc1cc(F)c2nc(N3CCCC3)sc2c1. The molecule has 0 atom stereocenters. The summed E-state index contributed by atoms with van der Waals surface area (Å²) < 4.78 is 14.4. The molecule has 0 spiro atoms. The molecular weight excluding hydrogens is 225 g/mol. The highest BCUT2D eigenvalue weighted by atomic mass is 32.1. The smallest absolute Gasteiger partial charge is 0.186 e. The van der Waals surface area contributed by atoms with E-state index in [9.17, 15) is 4.39 Å². The second-order valence-corrected chi connectivity index (χ2v) is 5.05. The van der Waals surface area contributed by atoms with E-state index in [0.717, 1.165) is 22.9 Å². The fourth-order valence-corrected chi connectivity index (χ4v) is 3.12. The van der Waals surface area contributed by atoms with E-state index >= 15 is 0 Å². The molecule has 0 radical (unpaired) electrons. The zero-order valence-electron chi connectivity index (χ0n) is 8.74. The Labute approximate surface area is 96.7 Å². The summed E-state index contributed by atoms with van der Waals surface area (Å²) in [7, 11) is 0. The van der Waals surface area contributed by atoms with Crippen LogP contribution in [-0.4, -0.2) is 18.1 Å². The Balaban J connectivity index is 2.11. The number of nitrogen functional groups attached to an aromatic ring is 1. The Morgan fingerprint density at radius 1 is 1.31 bits per heavy atom. The lowest BCUT2D eigenvalue weighted by Gasteiger charge is -2.11. The van der Waals surface area contributed by atoms with Gasteiger partial charge in [-0.3, -0.25) is 0 Å². The molecule has 3 rings (SSSR count). The van der Waals surface area contributed by atoms with Gasteiger partial charge in [0, 0.05) is 18.8 Å². The van der Waals surface area contributed by atoms with Crippen LogP contribution in [-0.2, 0) is 0 Å². The Morgan fingerprint density at radius 3 is 2.81 bits per heavy atom. The van der Waals surface area contributed by atoms with Crippen LogP contribution in [0.5, 0.6) is 0 Å². The molecule has 2 N–H and O–H groups in total. The summed E-state index contributed by atoms with van der Waals surface area (Å²) in [6.07, 6.45) is 2.39. The van der Waals surface area contributed by atoms with Crippen molar-refractivity contribution in [1.82, 2.24) is 4.98 Å². The van der Waals surface area contributed by atoms with Crippen molar-refractivity contribution in [3.8, 4) is 0 Å². The van der Waals surface area contributed by atoms with Crippen LogP contribution in [0.25, 0.3) is 10.2 Å². The van der Waals surface area contributed by atoms with Crippen molar-refractivity contribution < 1.29 is 4.39 Å². The largest absolute Gasteiger partial charge is 0.399 e. The van der Waals surface area contributed by atoms with Crippen molar-refractivity contribution in [3.63, 3.8) is 0 Å². The van der Waals surface area contributed by atoms with Crippen LogP contribution in [0.2, 0.25) is 0 Å². The van der Waals surface area contributed by atoms with Crippen LogP contribution < -0.4 is 10.6 Å². The van der Waals surface area contributed by atoms with Gasteiger partial charge in [0.05, 0.1) is 4.70 Å². The van der Waals surface area contributed by atoms with E-state index in [1.165, 1.54) is 30.2 Å². The highest BCUT2D eigenvalue weighted by Gasteiger charge is 2.17. The van der Waals surface area contributed by atoms with Crippen LogP contribution in [0, 0.1) is 5.82 Å². The fourth-order valence-electron chi connectivity index (χ4n) is 2.04. The van der Waals surface area contributed by atoms with Crippen LogP contribution >= 0.6 is 11.3 Å². The number of aromatic nitrogens is 1. The van der Waals surface area contributed by atoms with Crippen LogP contribution in [0.1, 0.15) is 12.8 Å².